The standard InChI is InChI=1S/C9H19N3OS/c1-4-6-7-8(13)11-12(5-2)9(10)14-3/h10H,4-7H2,1-3H3,(H,11,13). The molecule has 1 amide bonds. The van der Waals surface area contributed by atoms with E-state index in [0.29, 0.717) is 18.1 Å². The first-order valence-electron chi connectivity index (χ1n) is 4.85. The lowest BCUT2D eigenvalue weighted by atomic mass is 10.2. The van der Waals surface area contributed by atoms with E-state index in [1.807, 2.05) is 13.2 Å². The topological polar surface area (TPSA) is 56.2 Å². The molecule has 0 aliphatic heterocycles. The molecule has 0 aromatic heterocycles. The first-order valence-corrected chi connectivity index (χ1v) is 6.07. The SMILES string of the molecule is CCCCC(=O)NN(CC)C(=N)SC. The fourth-order valence-corrected chi connectivity index (χ4v) is 1.32. The number of hydrazine groups is 1. The molecule has 0 spiro atoms. The Balaban J connectivity index is 3.92. The Hall–Kier alpha value is -0.710. The van der Waals surface area contributed by atoms with Gasteiger partial charge in [-0.15, -0.1) is 0 Å². The number of rotatable bonds is 4. The number of nitrogens with zero attached hydrogens (tertiary/aromatic N) is 1. The number of hydrogen-bond acceptors (Lipinski definition) is 3. The smallest absolute Gasteiger partial charge is 0.238 e. The number of carbonyl (C=O) groups is 1. The van der Waals surface area contributed by atoms with E-state index < -0.39 is 0 Å². The molecule has 0 heterocycles. The van der Waals surface area contributed by atoms with Crippen molar-refractivity contribution in [3.63, 3.8) is 0 Å². The zero-order valence-corrected chi connectivity index (χ0v) is 9.91. The first-order chi connectivity index (χ1) is 6.65. The zero-order chi connectivity index (χ0) is 11.0. The summed E-state index contributed by atoms with van der Waals surface area (Å²) >= 11 is 1.32. The molecule has 5 heteroatoms. The van der Waals surface area contributed by atoms with Gasteiger partial charge in [0.1, 0.15) is 0 Å². The second-order valence-electron chi connectivity index (χ2n) is 2.89. The Morgan fingerprint density at radius 3 is 2.57 bits per heavy atom. The number of nitrogens with one attached hydrogen (secondary N) is 2. The van der Waals surface area contributed by atoms with Crippen LogP contribution in [0, 0.1) is 5.41 Å². The summed E-state index contributed by atoms with van der Waals surface area (Å²) in [6.45, 7) is 4.58. The van der Waals surface area contributed by atoms with Gasteiger partial charge < -0.3 is 0 Å². The van der Waals surface area contributed by atoms with Crippen LogP contribution in [0.4, 0.5) is 0 Å². The summed E-state index contributed by atoms with van der Waals surface area (Å²) in [7, 11) is 0. The van der Waals surface area contributed by atoms with Crippen molar-refractivity contribution in [3.8, 4) is 0 Å². The van der Waals surface area contributed by atoms with E-state index in [2.05, 4.69) is 12.3 Å². The van der Waals surface area contributed by atoms with Crippen molar-refractivity contribution in [1.82, 2.24) is 10.4 Å². The summed E-state index contributed by atoms with van der Waals surface area (Å²) < 4.78 is 0. The van der Waals surface area contributed by atoms with Gasteiger partial charge in [0.2, 0.25) is 5.91 Å². The summed E-state index contributed by atoms with van der Waals surface area (Å²) in [5, 5.41) is 9.47. The van der Waals surface area contributed by atoms with Crippen LogP contribution in [0.1, 0.15) is 33.1 Å². The largest absolute Gasteiger partial charge is 0.277 e. The van der Waals surface area contributed by atoms with E-state index in [-0.39, 0.29) is 5.91 Å². The van der Waals surface area contributed by atoms with E-state index in [0.717, 1.165) is 12.8 Å². The maximum Gasteiger partial charge on any atom is 0.238 e. The number of amides is 1. The molecule has 0 aromatic carbocycles. The Kier molecular flexibility index (Phi) is 7.28. The van der Waals surface area contributed by atoms with Crippen LogP contribution in [-0.2, 0) is 4.79 Å². The number of hydrogen-bond donors (Lipinski definition) is 2. The Labute approximate surface area is 89.9 Å². The van der Waals surface area contributed by atoms with Crippen LogP contribution in [0.15, 0.2) is 0 Å². The molecule has 4 nitrogen and oxygen atoms in total. The molecule has 0 saturated heterocycles. The molecule has 0 aliphatic carbocycles. The maximum atomic E-state index is 11.3. The van der Waals surface area contributed by atoms with Gasteiger partial charge >= 0.3 is 0 Å². The third kappa shape index (κ3) is 5.11. The van der Waals surface area contributed by atoms with Gasteiger partial charge in [0.05, 0.1) is 0 Å². The van der Waals surface area contributed by atoms with Crippen molar-refractivity contribution in [1.29, 1.82) is 5.41 Å². The second kappa shape index (κ2) is 7.67. The van der Waals surface area contributed by atoms with Gasteiger partial charge in [-0.1, -0.05) is 25.1 Å². The molecule has 0 saturated carbocycles. The Morgan fingerprint density at radius 2 is 2.14 bits per heavy atom. The minimum Gasteiger partial charge on any atom is -0.277 e. The highest BCUT2D eigenvalue weighted by atomic mass is 32.2. The quantitative estimate of drug-likeness (QED) is 0.429. The summed E-state index contributed by atoms with van der Waals surface area (Å²) in [5.41, 5.74) is 2.70. The number of thioether (sulfide) groups is 1. The average Bonchev–Trinajstić information content (AvgIpc) is 2.21. The molecule has 0 fully saturated rings. The zero-order valence-electron chi connectivity index (χ0n) is 9.09. The lowest BCUT2D eigenvalue weighted by molar-refractivity contribution is -0.124. The third-order valence-electron chi connectivity index (χ3n) is 1.77. The molecule has 0 aromatic rings. The Morgan fingerprint density at radius 1 is 1.50 bits per heavy atom. The van der Waals surface area contributed by atoms with E-state index in [4.69, 9.17) is 5.41 Å². The normalized spacial score (nSPS) is 9.64. The highest BCUT2D eigenvalue weighted by Crippen LogP contribution is 2.00. The van der Waals surface area contributed by atoms with Crippen molar-refractivity contribution in [2.45, 2.75) is 33.1 Å². The fourth-order valence-electron chi connectivity index (χ4n) is 0.927. The molecule has 0 aliphatic rings. The number of amidine groups is 1. The Bertz CT molecular complexity index is 196. The van der Waals surface area contributed by atoms with Crippen molar-refractivity contribution < 1.29 is 4.79 Å². The molecule has 0 rings (SSSR count). The van der Waals surface area contributed by atoms with Gasteiger partial charge in [0.15, 0.2) is 5.17 Å². The van der Waals surface area contributed by atoms with E-state index in [9.17, 15) is 4.79 Å². The van der Waals surface area contributed by atoms with Crippen LogP contribution in [0.2, 0.25) is 0 Å². The number of unbranched alkanes of at least 4 members (excludes halogenated alkanes) is 1. The maximum absolute atomic E-state index is 11.3. The van der Waals surface area contributed by atoms with Gasteiger partial charge in [-0.2, -0.15) is 0 Å². The van der Waals surface area contributed by atoms with Gasteiger partial charge in [-0.3, -0.25) is 20.6 Å². The fraction of sp³-hybridized carbons (Fsp3) is 0.778. The first kappa shape index (κ1) is 13.3. The van der Waals surface area contributed by atoms with E-state index in [1.54, 1.807) is 5.01 Å². The molecule has 14 heavy (non-hydrogen) atoms. The van der Waals surface area contributed by atoms with Crippen LogP contribution in [0.5, 0.6) is 0 Å². The van der Waals surface area contributed by atoms with Crippen LogP contribution in [-0.4, -0.2) is 28.9 Å². The molecule has 0 unspecified atom stereocenters. The lowest BCUT2D eigenvalue weighted by Gasteiger charge is -2.22. The summed E-state index contributed by atoms with van der Waals surface area (Å²) in [4.78, 5) is 11.3. The van der Waals surface area contributed by atoms with Gasteiger partial charge in [0, 0.05) is 13.0 Å². The molecule has 0 atom stereocenters. The summed E-state index contributed by atoms with van der Waals surface area (Å²) in [5.74, 6) is -0.00694. The van der Waals surface area contributed by atoms with E-state index in [1.165, 1.54) is 11.8 Å². The highest BCUT2D eigenvalue weighted by Gasteiger charge is 2.09. The van der Waals surface area contributed by atoms with Gasteiger partial charge in [0.25, 0.3) is 0 Å². The highest BCUT2D eigenvalue weighted by molar-refractivity contribution is 8.13. The lowest BCUT2D eigenvalue weighted by Crippen LogP contribution is -2.44. The van der Waals surface area contributed by atoms with Crippen molar-refractivity contribution >= 4 is 22.8 Å². The van der Waals surface area contributed by atoms with Crippen LogP contribution >= 0.6 is 11.8 Å². The van der Waals surface area contributed by atoms with Crippen molar-refractivity contribution in [2.75, 3.05) is 12.8 Å². The van der Waals surface area contributed by atoms with Crippen molar-refractivity contribution in [3.05, 3.63) is 0 Å². The minimum absolute atomic E-state index is 0.00694. The van der Waals surface area contributed by atoms with Gasteiger partial charge in [-0.25, -0.2) is 0 Å². The summed E-state index contributed by atoms with van der Waals surface area (Å²) in [6, 6.07) is 0. The average molecular weight is 217 g/mol. The predicted molar refractivity (Wildman–Crippen MR) is 61.3 cm³/mol. The molecule has 0 radical (unpaired) electrons. The van der Waals surface area contributed by atoms with E-state index >= 15 is 0 Å². The monoisotopic (exact) mass is 217 g/mol. The molecule has 82 valence electrons. The van der Waals surface area contributed by atoms with Crippen LogP contribution in [0.3, 0.4) is 0 Å². The number of carbonyl (C=O) groups excluding carboxylic acids is 1. The predicted octanol–water partition coefficient (Wildman–Crippen LogP) is 1.83. The summed E-state index contributed by atoms with van der Waals surface area (Å²) in [6.07, 6.45) is 4.27. The molecular weight excluding hydrogens is 198 g/mol. The second-order valence-corrected chi connectivity index (χ2v) is 3.69. The molecular formula is C9H19N3OS. The van der Waals surface area contributed by atoms with Crippen molar-refractivity contribution in [2.24, 2.45) is 0 Å². The minimum atomic E-state index is -0.00694. The van der Waals surface area contributed by atoms with Gasteiger partial charge in [-0.05, 0) is 19.6 Å². The van der Waals surface area contributed by atoms with Crippen LogP contribution < -0.4 is 5.43 Å². The molecule has 2 N–H and O–H groups in total. The van der Waals surface area contributed by atoms with Crippen LogP contribution in [0.25, 0.3) is 0 Å². The molecule has 0 bridgehead atoms. The third-order valence-corrected chi connectivity index (χ3v) is 2.38.